The molecule has 1 aromatic rings. The summed E-state index contributed by atoms with van der Waals surface area (Å²) in [4.78, 5) is 14.6. The van der Waals surface area contributed by atoms with Gasteiger partial charge in [0.15, 0.2) is 0 Å². The lowest BCUT2D eigenvalue weighted by atomic mass is 9.92. The van der Waals surface area contributed by atoms with Gasteiger partial charge in [-0.05, 0) is 18.9 Å². The highest BCUT2D eigenvalue weighted by Gasteiger charge is 2.70. The molecule has 3 aliphatic rings. The highest BCUT2D eigenvalue weighted by atomic mass is 19.3. The number of benzene rings is 1. The summed E-state index contributed by atoms with van der Waals surface area (Å²) in [5.41, 5.74) is -0.00570. The van der Waals surface area contributed by atoms with E-state index in [0.29, 0.717) is 39.1 Å². The number of ether oxygens (including phenoxy) is 1. The number of amides is 1. The van der Waals surface area contributed by atoms with Gasteiger partial charge in [0.1, 0.15) is 18.4 Å². The molecule has 23 heavy (non-hydrogen) atoms. The van der Waals surface area contributed by atoms with E-state index < -0.39 is 17.4 Å². The van der Waals surface area contributed by atoms with E-state index in [4.69, 9.17) is 4.74 Å². The van der Waals surface area contributed by atoms with Crippen LogP contribution < -0.4 is 10.1 Å². The maximum absolute atomic E-state index is 13.5. The Bertz CT molecular complexity index is 627. The lowest BCUT2D eigenvalue weighted by Gasteiger charge is -2.34. The van der Waals surface area contributed by atoms with Crippen molar-refractivity contribution in [1.82, 2.24) is 10.2 Å². The van der Waals surface area contributed by atoms with Gasteiger partial charge in [-0.2, -0.15) is 0 Å². The molecule has 2 aliphatic heterocycles. The number of hydrogen-bond acceptors (Lipinski definition) is 3. The van der Waals surface area contributed by atoms with E-state index in [1.807, 2.05) is 24.3 Å². The minimum absolute atomic E-state index is 0.0135. The van der Waals surface area contributed by atoms with E-state index >= 15 is 0 Å². The first-order valence-corrected chi connectivity index (χ1v) is 8.14. The molecule has 1 aliphatic carbocycles. The number of alkyl halides is 2. The lowest BCUT2D eigenvalue weighted by Crippen LogP contribution is -2.46. The highest BCUT2D eigenvalue weighted by molar-refractivity contribution is 5.84. The third-order valence-electron chi connectivity index (χ3n) is 5.43. The fourth-order valence-electron chi connectivity index (χ4n) is 3.81. The molecule has 1 amide bonds. The smallest absolute Gasteiger partial charge is 0.254 e. The summed E-state index contributed by atoms with van der Waals surface area (Å²) >= 11 is 0. The summed E-state index contributed by atoms with van der Waals surface area (Å²) in [6.07, 6.45) is 0.785. The number of halogens is 2. The van der Waals surface area contributed by atoms with Crippen LogP contribution in [0.15, 0.2) is 24.3 Å². The highest BCUT2D eigenvalue weighted by Crippen LogP contribution is 2.65. The molecule has 0 bridgehead atoms. The van der Waals surface area contributed by atoms with Crippen molar-refractivity contribution < 1.29 is 18.3 Å². The molecule has 1 unspecified atom stereocenters. The van der Waals surface area contributed by atoms with Crippen molar-refractivity contribution >= 4 is 5.91 Å². The van der Waals surface area contributed by atoms with Crippen LogP contribution in [0.3, 0.4) is 0 Å². The van der Waals surface area contributed by atoms with Crippen molar-refractivity contribution in [2.24, 2.45) is 5.41 Å². The summed E-state index contributed by atoms with van der Waals surface area (Å²) in [7, 11) is 0. The number of carbonyl (C=O) groups excluding carboxylic acids is 1. The zero-order chi connectivity index (χ0) is 16.1. The summed E-state index contributed by atoms with van der Waals surface area (Å²) in [6.45, 7) is 1.92. The minimum Gasteiger partial charge on any atom is -0.492 e. The van der Waals surface area contributed by atoms with Crippen LogP contribution >= 0.6 is 0 Å². The number of piperidine rings is 1. The molecule has 2 heterocycles. The van der Waals surface area contributed by atoms with E-state index in [1.54, 1.807) is 4.90 Å². The van der Waals surface area contributed by atoms with Crippen LogP contribution in [0.25, 0.3) is 0 Å². The number of fused-ring (bicyclic) bond motifs is 1. The molecule has 124 valence electrons. The zero-order valence-electron chi connectivity index (χ0n) is 12.9. The number of para-hydroxylation sites is 1. The second kappa shape index (κ2) is 5.16. The summed E-state index contributed by atoms with van der Waals surface area (Å²) in [6, 6.07) is 7.05. The number of rotatable bonds is 1. The molecule has 0 radical (unpaired) electrons. The molecular weight excluding hydrogens is 302 g/mol. The molecule has 1 N–H and O–H groups in total. The van der Waals surface area contributed by atoms with Crippen molar-refractivity contribution in [1.29, 1.82) is 0 Å². The number of hydrogen-bond donors (Lipinski definition) is 1. The predicted molar refractivity (Wildman–Crippen MR) is 80.5 cm³/mol. The van der Waals surface area contributed by atoms with Gasteiger partial charge < -0.3 is 9.64 Å². The van der Waals surface area contributed by atoms with E-state index in [-0.39, 0.29) is 12.3 Å². The fraction of sp³-hybridized carbons (Fsp3) is 0.588. The van der Waals surface area contributed by atoms with E-state index in [9.17, 15) is 13.6 Å². The van der Waals surface area contributed by atoms with Crippen LogP contribution in [0.1, 0.15) is 30.9 Å². The van der Waals surface area contributed by atoms with Crippen molar-refractivity contribution in [3.05, 3.63) is 29.8 Å². The third kappa shape index (κ3) is 2.40. The molecule has 4 nitrogen and oxygen atoms in total. The minimum atomic E-state index is -2.52. The second-order valence-electron chi connectivity index (χ2n) is 6.76. The van der Waals surface area contributed by atoms with Gasteiger partial charge in [0, 0.05) is 37.0 Å². The zero-order valence-corrected chi connectivity index (χ0v) is 12.9. The molecule has 4 rings (SSSR count). The Kier molecular flexibility index (Phi) is 3.34. The number of nitrogens with zero attached hydrogens (tertiary/aromatic N) is 1. The Morgan fingerprint density at radius 3 is 2.65 bits per heavy atom. The Hall–Kier alpha value is -1.69. The van der Waals surface area contributed by atoms with Gasteiger partial charge >= 0.3 is 0 Å². The Morgan fingerprint density at radius 1 is 1.26 bits per heavy atom. The molecule has 1 saturated heterocycles. The molecule has 0 aromatic heterocycles. The molecule has 1 aromatic carbocycles. The molecule has 1 spiro atoms. The molecule has 1 atom stereocenters. The summed E-state index contributed by atoms with van der Waals surface area (Å²) in [5, 5.41) is 3.22. The first-order chi connectivity index (χ1) is 11.0. The van der Waals surface area contributed by atoms with Crippen LogP contribution in [0.2, 0.25) is 0 Å². The largest absolute Gasteiger partial charge is 0.492 e. The predicted octanol–water partition coefficient (Wildman–Crippen LogP) is 2.36. The first kappa shape index (κ1) is 14.9. The van der Waals surface area contributed by atoms with Crippen molar-refractivity contribution in [2.75, 3.05) is 26.2 Å². The Morgan fingerprint density at radius 2 is 1.96 bits per heavy atom. The van der Waals surface area contributed by atoms with Crippen molar-refractivity contribution in [3.8, 4) is 5.75 Å². The first-order valence-electron chi connectivity index (χ1n) is 8.14. The van der Waals surface area contributed by atoms with Gasteiger partial charge in [-0.15, -0.1) is 0 Å². The topological polar surface area (TPSA) is 41.6 Å². The van der Waals surface area contributed by atoms with Crippen LogP contribution in [-0.4, -0.2) is 43.0 Å². The average Bonchev–Trinajstić information content (AvgIpc) is 3.16. The average molecular weight is 322 g/mol. The van der Waals surface area contributed by atoms with Crippen LogP contribution in [0, 0.1) is 5.41 Å². The molecular formula is C17H20F2N2O2. The van der Waals surface area contributed by atoms with E-state index in [1.165, 1.54) is 0 Å². The maximum Gasteiger partial charge on any atom is 0.254 e. The lowest BCUT2D eigenvalue weighted by molar-refractivity contribution is -0.136. The van der Waals surface area contributed by atoms with Gasteiger partial charge in [0.25, 0.3) is 5.92 Å². The fourth-order valence-corrected chi connectivity index (χ4v) is 3.81. The number of nitrogens with one attached hydrogen (secondary N) is 1. The van der Waals surface area contributed by atoms with Gasteiger partial charge in [0.05, 0.1) is 0 Å². The SMILES string of the molecule is O=C(C1NCCOc2ccccc21)N1CCC2(CC1)CC2(F)F. The monoisotopic (exact) mass is 322 g/mol. The third-order valence-corrected chi connectivity index (χ3v) is 5.43. The van der Waals surface area contributed by atoms with Gasteiger partial charge in [0.2, 0.25) is 5.91 Å². The standard InChI is InChI=1S/C17H20F2N2O2/c18-17(19)11-16(17)5-8-21(9-6-16)15(22)14-12-3-1-2-4-13(12)23-10-7-20-14/h1-4,14,20H,5-11H2. The molecule has 2 fully saturated rings. The Labute approximate surface area is 133 Å². The van der Waals surface area contributed by atoms with Crippen LogP contribution in [-0.2, 0) is 4.79 Å². The molecule has 6 heteroatoms. The second-order valence-corrected chi connectivity index (χ2v) is 6.76. The van der Waals surface area contributed by atoms with Crippen LogP contribution in [0.5, 0.6) is 5.75 Å². The summed E-state index contributed by atoms with van der Waals surface area (Å²) in [5.74, 6) is -1.84. The van der Waals surface area contributed by atoms with Gasteiger partial charge in [-0.25, -0.2) is 8.78 Å². The quantitative estimate of drug-likeness (QED) is 0.863. The normalized spacial score (nSPS) is 27.7. The Balaban J connectivity index is 1.49. The van der Waals surface area contributed by atoms with Gasteiger partial charge in [-0.1, -0.05) is 18.2 Å². The number of likely N-dealkylation sites (tertiary alicyclic amines) is 1. The van der Waals surface area contributed by atoms with Gasteiger partial charge in [-0.3, -0.25) is 10.1 Å². The maximum atomic E-state index is 13.5. The number of carbonyl (C=O) groups is 1. The van der Waals surface area contributed by atoms with E-state index in [0.717, 1.165) is 11.3 Å². The summed E-state index contributed by atoms with van der Waals surface area (Å²) < 4.78 is 32.6. The molecule has 1 saturated carbocycles. The van der Waals surface area contributed by atoms with E-state index in [2.05, 4.69) is 5.32 Å². The van der Waals surface area contributed by atoms with Crippen molar-refractivity contribution in [3.63, 3.8) is 0 Å². The van der Waals surface area contributed by atoms with Crippen LogP contribution in [0.4, 0.5) is 8.78 Å². The van der Waals surface area contributed by atoms with Crippen molar-refractivity contribution in [2.45, 2.75) is 31.2 Å².